The molecule has 0 bridgehead atoms. The van der Waals surface area contributed by atoms with Gasteiger partial charge in [0.15, 0.2) is 0 Å². The van der Waals surface area contributed by atoms with E-state index in [0.717, 1.165) is 12.1 Å². The van der Waals surface area contributed by atoms with Gasteiger partial charge in [-0.15, -0.1) is 0 Å². The molecule has 1 unspecified atom stereocenters. The monoisotopic (exact) mass is 288 g/mol. The lowest BCUT2D eigenvalue weighted by molar-refractivity contribution is -0.151. The van der Waals surface area contributed by atoms with Gasteiger partial charge in [-0.1, -0.05) is 18.2 Å². The van der Waals surface area contributed by atoms with Gasteiger partial charge in [0.2, 0.25) is 0 Å². The van der Waals surface area contributed by atoms with Crippen molar-refractivity contribution in [2.24, 2.45) is 0 Å². The topological polar surface area (TPSA) is 63.6 Å². The van der Waals surface area contributed by atoms with Crippen molar-refractivity contribution in [3.8, 4) is 0 Å². The second-order valence-electron chi connectivity index (χ2n) is 3.35. The first-order valence-electron chi connectivity index (χ1n) is 4.55. The van der Waals surface area contributed by atoms with Crippen molar-refractivity contribution in [2.45, 2.75) is 18.7 Å². The highest BCUT2D eigenvalue weighted by molar-refractivity contribution is 7.80. The van der Waals surface area contributed by atoms with Crippen molar-refractivity contribution in [1.29, 1.82) is 0 Å². The molecule has 1 aromatic rings. The van der Waals surface area contributed by atoms with Crippen LogP contribution >= 0.6 is 0 Å². The summed E-state index contributed by atoms with van der Waals surface area (Å²) in [4.78, 5) is 0. The zero-order chi connectivity index (χ0) is 14.0. The van der Waals surface area contributed by atoms with Crippen LogP contribution in [-0.2, 0) is 14.6 Å². The predicted octanol–water partition coefficient (Wildman–Crippen LogP) is 2.64. The summed E-state index contributed by atoms with van der Waals surface area (Å²) in [5.74, 6) is -1.06. The number of hydrogen-bond acceptors (Lipinski definition) is 3. The predicted molar refractivity (Wildman–Crippen MR) is 52.4 cm³/mol. The molecule has 0 aliphatic carbocycles. The van der Waals surface area contributed by atoms with Crippen LogP contribution in [-0.4, -0.2) is 19.1 Å². The van der Waals surface area contributed by atoms with Crippen LogP contribution in [0.3, 0.4) is 0 Å². The van der Waals surface area contributed by atoms with Gasteiger partial charge in [0.1, 0.15) is 11.9 Å². The molecule has 1 aromatic carbocycles. The van der Waals surface area contributed by atoms with Crippen molar-refractivity contribution >= 4 is 10.4 Å². The van der Waals surface area contributed by atoms with E-state index in [9.17, 15) is 26.0 Å². The minimum atomic E-state index is -5.13. The van der Waals surface area contributed by atoms with Crippen LogP contribution in [0.1, 0.15) is 18.1 Å². The van der Waals surface area contributed by atoms with Crippen molar-refractivity contribution in [2.75, 3.05) is 0 Å². The normalized spacial score (nSPS) is 14.5. The van der Waals surface area contributed by atoms with E-state index in [-0.39, 0.29) is 0 Å². The molecule has 1 N–H and O–H groups in total. The molecule has 0 amide bonds. The standard InChI is InChI=1S/C9H8F4O4S/c10-7-4-2-1-3-6(7)8(5-9(11,12)13)17-18(14,15)16/h1-4,8H,5H2,(H,14,15,16). The van der Waals surface area contributed by atoms with Gasteiger partial charge in [0.25, 0.3) is 0 Å². The summed E-state index contributed by atoms with van der Waals surface area (Å²) in [6.45, 7) is 0. The van der Waals surface area contributed by atoms with E-state index < -0.39 is 40.5 Å². The average molecular weight is 288 g/mol. The van der Waals surface area contributed by atoms with E-state index in [2.05, 4.69) is 4.18 Å². The van der Waals surface area contributed by atoms with Crippen LogP contribution in [0.4, 0.5) is 17.6 Å². The van der Waals surface area contributed by atoms with E-state index in [4.69, 9.17) is 4.55 Å². The molecule has 0 saturated carbocycles. The number of halogens is 4. The molecule has 0 saturated heterocycles. The summed E-state index contributed by atoms with van der Waals surface area (Å²) < 4.78 is 83.1. The second kappa shape index (κ2) is 5.21. The molecule has 0 aliphatic heterocycles. The average Bonchev–Trinajstić information content (AvgIpc) is 2.12. The molecule has 0 aromatic heterocycles. The number of alkyl halides is 3. The third-order valence-electron chi connectivity index (χ3n) is 1.91. The van der Waals surface area contributed by atoms with Gasteiger partial charge >= 0.3 is 16.6 Å². The summed E-state index contributed by atoms with van der Waals surface area (Å²) in [7, 11) is -5.13. The summed E-state index contributed by atoms with van der Waals surface area (Å²) in [5.41, 5.74) is -0.604. The number of benzene rings is 1. The lowest BCUT2D eigenvalue weighted by Crippen LogP contribution is -2.20. The number of rotatable bonds is 4. The molecule has 1 atom stereocenters. The smallest absolute Gasteiger partial charge is 0.264 e. The molecule has 4 nitrogen and oxygen atoms in total. The zero-order valence-corrected chi connectivity index (χ0v) is 9.50. The van der Waals surface area contributed by atoms with Crippen molar-refractivity contribution in [1.82, 2.24) is 0 Å². The van der Waals surface area contributed by atoms with Crippen molar-refractivity contribution in [3.63, 3.8) is 0 Å². The highest BCUT2D eigenvalue weighted by Crippen LogP contribution is 2.34. The molecule has 0 radical (unpaired) electrons. The fraction of sp³-hybridized carbons (Fsp3) is 0.333. The first-order chi connectivity index (χ1) is 8.08. The van der Waals surface area contributed by atoms with E-state index in [1.54, 1.807) is 0 Å². The summed E-state index contributed by atoms with van der Waals surface area (Å²) in [6, 6.07) is 4.23. The first-order valence-corrected chi connectivity index (χ1v) is 5.92. The molecular weight excluding hydrogens is 280 g/mol. The highest BCUT2D eigenvalue weighted by atomic mass is 32.3. The van der Waals surface area contributed by atoms with E-state index in [1.807, 2.05) is 0 Å². The Morgan fingerprint density at radius 1 is 1.28 bits per heavy atom. The van der Waals surface area contributed by atoms with Gasteiger partial charge in [-0.05, 0) is 6.07 Å². The summed E-state index contributed by atoms with van der Waals surface area (Å²) >= 11 is 0. The summed E-state index contributed by atoms with van der Waals surface area (Å²) in [5, 5.41) is 0. The van der Waals surface area contributed by atoms with Crippen LogP contribution < -0.4 is 0 Å². The van der Waals surface area contributed by atoms with Gasteiger partial charge in [0, 0.05) is 5.56 Å². The second-order valence-corrected chi connectivity index (χ2v) is 4.40. The Bertz CT molecular complexity index is 512. The minimum absolute atomic E-state index is 0.604. The van der Waals surface area contributed by atoms with Gasteiger partial charge in [-0.2, -0.15) is 21.6 Å². The Labute approximate surface area is 100 Å². The highest BCUT2D eigenvalue weighted by Gasteiger charge is 2.36. The molecule has 18 heavy (non-hydrogen) atoms. The Balaban J connectivity index is 3.09. The molecule has 0 heterocycles. The maximum absolute atomic E-state index is 13.3. The quantitative estimate of drug-likeness (QED) is 0.683. The SMILES string of the molecule is O=S(=O)(O)OC(CC(F)(F)F)c1ccccc1F. The van der Waals surface area contributed by atoms with Crippen LogP contribution in [0, 0.1) is 5.82 Å². The minimum Gasteiger partial charge on any atom is -0.264 e. The molecule has 9 heteroatoms. The van der Waals surface area contributed by atoms with E-state index >= 15 is 0 Å². The molecule has 0 aliphatic rings. The largest absolute Gasteiger partial charge is 0.397 e. The maximum atomic E-state index is 13.3. The fourth-order valence-corrected chi connectivity index (χ4v) is 1.75. The molecular formula is C9H8F4O4S. The first kappa shape index (κ1) is 14.9. The van der Waals surface area contributed by atoms with Gasteiger partial charge in [-0.25, -0.2) is 8.57 Å². The number of hydrogen-bond donors (Lipinski definition) is 1. The lowest BCUT2D eigenvalue weighted by Gasteiger charge is -2.18. The van der Waals surface area contributed by atoms with Crippen LogP contribution in [0.15, 0.2) is 24.3 Å². The third-order valence-corrected chi connectivity index (χ3v) is 2.38. The Kier molecular flexibility index (Phi) is 4.30. The molecule has 102 valence electrons. The zero-order valence-electron chi connectivity index (χ0n) is 8.69. The third kappa shape index (κ3) is 4.98. The Hall–Kier alpha value is -1.19. The fourth-order valence-electron chi connectivity index (χ4n) is 1.29. The van der Waals surface area contributed by atoms with E-state index in [1.165, 1.54) is 12.1 Å². The Morgan fingerprint density at radius 2 is 1.83 bits per heavy atom. The maximum Gasteiger partial charge on any atom is 0.397 e. The summed E-state index contributed by atoms with van der Waals surface area (Å²) in [6.07, 6.45) is -8.69. The molecule has 0 fully saturated rings. The lowest BCUT2D eigenvalue weighted by atomic mass is 10.1. The van der Waals surface area contributed by atoms with Gasteiger partial charge in [-0.3, -0.25) is 4.55 Å². The Morgan fingerprint density at radius 3 is 2.28 bits per heavy atom. The van der Waals surface area contributed by atoms with E-state index in [0.29, 0.717) is 0 Å². The molecule has 0 spiro atoms. The van der Waals surface area contributed by atoms with Crippen molar-refractivity contribution < 1.29 is 34.7 Å². The molecule has 1 rings (SSSR count). The van der Waals surface area contributed by atoms with Crippen LogP contribution in [0.5, 0.6) is 0 Å². The van der Waals surface area contributed by atoms with Crippen molar-refractivity contribution in [3.05, 3.63) is 35.6 Å². The van der Waals surface area contributed by atoms with Gasteiger partial charge in [0.05, 0.1) is 6.42 Å². The van der Waals surface area contributed by atoms with Crippen LogP contribution in [0.2, 0.25) is 0 Å². The van der Waals surface area contributed by atoms with Gasteiger partial charge < -0.3 is 0 Å². The van der Waals surface area contributed by atoms with Crippen LogP contribution in [0.25, 0.3) is 0 Å².